The van der Waals surface area contributed by atoms with Gasteiger partial charge in [0, 0.05) is 66.1 Å². The van der Waals surface area contributed by atoms with Gasteiger partial charge in [-0.05, 0) is 72.0 Å². The molecule has 1 aromatic heterocycles. The highest BCUT2D eigenvalue weighted by molar-refractivity contribution is 7.99. The molecule has 1 aliphatic heterocycles. The monoisotopic (exact) mass is 785 g/mol. The van der Waals surface area contributed by atoms with Crippen LogP contribution in [0, 0.1) is 10.1 Å². The topological polar surface area (TPSA) is 134 Å². The number of thioether (sulfide) groups is 1. The second-order valence-corrected chi connectivity index (χ2v) is 17.2. The van der Waals surface area contributed by atoms with Crippen LogP contribution < -0.4 is 14.9 Å². The fourth-order valence-electron chi connectivity index (χ4n) is 7.79. The van der Waals surface area contributed by atoms with E-state index in [1.54, 1.807) is 11.8 Å². The van der Waals surface area contributed by atoms with Gasteiger partial charge in [-0.3, -0.25) is 19.7 Å². The molecule has 2 N–H and O–H groups in total. The van der Waals surface area contributed by atoms with Crippen molar-refractivity contribution in [2.75, 3.05) is 46.9 Å². The number of fused-ring (bicyclic) bond motifs is 1. The molecule has 6 aromatic rings. The summed E-state index contributed by atoms with van der Waals surface area (Å²) in [7, 11) is -4.24. The van der Waals surface area contributed by atoms with Crippen molar-refractivity contribution in [3.8, 4) is 11.1 Å². The first-order chi connectivity index (χ1) is 27.3. The summed E-state index contributed by atoms with van der Waals surface area (Å²) in [4.78, 5) is 26.2. The van der Waals surface area contributed by atoms with E-state index in [0.717, 1.165) is 80.8 Å². The van der Waals surface area contributed by atoms with Gasteiger partial charge in [0.25, 0.3) is 15.7 Å². The Balaban J connectivity index is 0.949. The lowest BCUT2D eigenvalue weighted by Gasteiger charge is -2.36. The van der Waals surface area contributed by atoms with E-state index in [4.69, 9.17) is 0 Å². The van der Waals surface area contributed by atoms with E-state index in [0.29, 0.717) is 16.6 Å². The van der Waals surface area contributed by atoms with Gasteiger partial charge in [0.05, 0.1) is 15.3 Å². The van der Waals surface area contributed by atoms with E-state index >= 15 is 0 Å². The van der Waals surface area contributed by atoms with Gasteiger partial charge in [-0.1, -0.05) is 85.6 Å². The average Bonchev–Trinajstić information content (AvgIpc) is 3.69. The summed E-state index contributed by atoms with van der Waals surface area (Å²) < 4.78 is 30.1. The molecule has 11 nitrogen and oxygen atoms in total. The number of piperazine rings is 1. The Hall–Kier alpha value is -5.50. The quantitative estimate of drug-likeness (QED) is 0.0665. The Morgan fingerprint density at radius 2 is 1.52 bits per heavy atom. The third-order valence-electron chi connectivity index (χ3n) is 10.8. The second kappa shape index (κ2) is 16.3. The van der Waals surface area contributed by atoms with Gasteiger partial charge in [0.1, 0.15) is 12.0 Å². The lowest BCUT2D eigenvalue weighted by Crippen LogP contribution is -2.46. The SMILES string of the molecule is O=[N+]([O-])c1cc(S(=O)(=O)Nc2ncnc3cc(N4CCN(Cc5ccccc5-c5ccccc5)CC4)ccc23)ccc1NC1(CSc2ccccc2)CCCC1. The van der Waals surface area contributed by atoms with E-state index in [-0.39, 0.29) is 21.9 Å². The van der Waals surface area contributed by atoms with Crippen LogP contribution in [0.5, 0.6) is 0 Å². The van der Waals surface area contributed by atoms with E-state index in [2.05, 4.69) is 90.5 Å². The molecular formula is C43H43N7O4S2. The van der Waals surface area contributed by atoms with Crippen molar-refractivity contribution in [1.29, 1.82) is 0 Å². The molecule has 1 saturated heterocycles. The zero-order valence-corrected chi connectivity index (χ0v) is 32.5. The number of hydrogen-bond acceptors (Lipinski definition) is 10. The van der Waals surface area contributed by atoms with Crippen molar-refractivity contribution in [3.63, 3.8) is 0 Å². The summed E-state index contributed by atoms with van der Waals surface area (Å²) >= 11 is 1.71. The third kappa shape index (κ3) is 8.35. The molecule has 0 unspecified atom stereocenters. The van der Waals surface area contributed by atoms with Gasteiger partial charge < -0.3 is 10.2 Å². The molecular weight excluding hydrogens is 743 g/mol. The number of nitrogens with one attached hydrogen (secondary N) is 2. The molecule has 0 spiro atoms. The zero-order chi connectivity index (χ0) is 38.5. The molecule has 0 atom stereocenters. The highest BCUT2D eigenvalue weighted by Gasteiger charge is 2.36. The van der Waals surface area contributed by atoms with Crippen LogP contribution >= 0.6 is 11.8 Å². The summed E-state index contributed by atoms with van der Waals surface area (Å²) in [6.45, 7) is 4.32. The van der Waals surface area contributed by atoms with Gasteiger partial charge in [0.2, 0.25) is 0 Å². The van der Waals surface area contributed by atoms with Crippen LogP contribution in [0.2, 0.25) is 0 Å². The molecule has 56 heavy (non-hydrogen) atoms. The van der Waals surface area contributed by atoms with E-state index in [1.165, 1.54) is 35.2 Å². The Morgan fingerprint density at radius 3 is 2.27 bits per heavy atom. The van der Waals surface area contributed by atoms with Crippen molar-refractivity contribution in [2.24, 2.45) is 0 Å². The predicted molar refractivity (Wildman–Crippen MR) is 225 cm³/mol. The number of nitro benzene ring substituents is 1. The number of nitrogens with zero attached hydrogens (tertiary/aromatic N) is 5. The molecule has 5 aromatic carbocycles. The van der Waals surface area contributed by atoms with Crippen LogP contribution in [0.4, 0.5) is 22.9 Å². The van der Waals surface area contributed by atoms with Gasteiger partial charge in [-0.2, -0.15) is 0 Å². The number of hydrogen-bond donors (Lipinski definition) is 2. The maximum atomic E-state index is 13.7. The minimum atomic E-state index is -4.24. The first-order valence-corrected chi connectivity index (χ1v) is 21.3. The van der Waals surface area contributed by atoms with E-state index in [9.17, 15) is 18.5 Å². The highest BCUT2D eigenvalue weighted by Crippen LogP contribution is 2.40. The van der Waals surface area contributed by atoms with Gasteiger partial charge >= 0.3 is 0 Å². The predicted octanol–water partition coefficient (Wildman–Crippen LogP) is 8.85. The molecule has 8 rings (SSSR count). The largest absolute Gasteiger partial charge is 0.373 e. The van der Waals surface area contributed by atoms with Crippen LogP contribution in [0.15, 0.2) is 137 Å². The van der Waals surface area contributed by atoms with Gasteiger partial charge in [-0.15, -0.1) is 11.8 Å². The number of anilines is 3. The van der Waals surface area contributed by atoms with Crippen LogP contribution in [-0.4, -0.2) is 65.7 Å². The Labute approximate surface area is 331 Å². The van der Waals surface area contributed by atoms with Crippen molar-refractivity contribution >= 4 is 55.6 Å². The Bertz CT molecular complexity index is 2440. The van der Waals surface area contributed by atoms with Crippen molar-refractivity contribution in [2.45, 2.75) is 47.6 Å². The van der Waals surface area contributed by atoms with Crippen LogP contribution in [0.1, 0.15) is 31.2 Å². The van der Waals surface area contributed by atoms with Gasteiger partial charge in [0.15, 0.2) is 5.82 Å². The molecule has 1 aliphatic carbocycles. The van der Waals surface area contributed by atoms with E-state index in [1.807, 2.05) is 42.5 Å². The summed E-state index contributed by atoms with van der Waals surface area (Å²) in [6.07, 6.45) is 5.10. The summed E-state index contributed by atoms with van der Waals surface area (Å²) in [5, 5.41) is 16.3. The standard InChI is InChI=1S/C43H43N7O4S2/c51-50(52)41-28-36(18-20-39(41)46-43(21-9-10-22-43)30-55-35-14-5-2-6-15-35)56(53,54)47-42-38-19-17-34(27-40(38)44-31-45-42)49-25-23-48(24-26-49)29-33-13-7-8-16-37(33)32-11-3-1-4-12-32/h1-8,11-20,27-28,31,46H,9-10,21-26,29-30H2,(H,44,45,47). The maximum absolute atomic E-state index is 13.7. The molecule has 2 aliphatic rings. The summed E-state index contributed by atoms with van der Waals surface area (Å²) in [6, 6.07) is 38.9. The lowest BCUT2D eigenvalue weighted by atomic mass is 9.99. The first-order valence-electron chi connectivity index (χ1n) is 18.9. The van der Waals surface area contributed by atoms with Crippen molar-refractivity contribution in [1.82, 2.24) is 14.9 Å². The molecule has 0 bridgehead atoms. The fourth-order valence-corrected chi connectivity index (χ4v) is 9.99. The van der Waals surface area contributed by atoms with Crippen LogP contribution in [0.25, 0.3) is 22.0 Å². The van der Waals surface area contributed by atoms with E-state index < -0.39 is 14.9 Å². The summed E-state index contributed by atoms with van der Waals surface area (Å²) in [5.74, 6) is 0.842. The highest BCUT2D eigenvalue weighted by atomic mass is 32.2. The Morgan fingerprint density at radius 1 is 0.804 bits per heavy atom. The van der Waals surface area contributed by atoms with Gasteiger partial charge in [-0.25, -0.2) is 18.4 Å². The first kappa shape index (κ1) is 37.4. The lowest BCUT2D eigenvalue weighted by molar-refractivity contribution is -0.384. The molecule has 2 fully saturated rings. The number of sulfonamides is 1. The molecule has 2 heterocycles. The molecule has 13 heteroatoms. The van der Waals surface area contributed by atoms with Crippen molar-refractivity contribution < 1.29 is 13.3 Å². The molecule has 1 saturated carbocycles. The third-order valence-corrected chi connectivity index (χ3v) is 13.4. The maximum Gasteiger partial charge on any atom is 0.293 e. The molecule has 0 amide bonds. The Kier molecular flexibility index (Phi) is 10.9. The average molecular weight is 786 g/mol. The number of aromatic nitrogens is 2. The second-order valence-electron chi connectivity index (χ2n) is 14.5. The van der Waals surface area contributed by atoms with Crippen LogP contribution in [-0.2, 0) is 16.6 Å². The fraction of sp³-hybridized carbons (Fsp3) is 0.256. The number of nitro groups is 1. The number of rotatable bonds is 13. The normalized spacial score (nSPS) is 15.8. The minimum Gasteiger partial charge on any atom is -0.373 e. The minimum absolute atomic E-state index is 0.108. The van der Waals surface area contributed by atoms with Crippen molar-refractivity contribution in [3.05, 3.63) is 143 Å². The summed E-state index contributed by atoms with van der Waals surface area (Å²) in [5.41, 5.74) is 5.04. The van der Waals surface area contributed by atoms with Crippen LogP contribution in [0.3, 0.4) is 0 Å². The smallest absolute Gasteiger partial charge is 0.293 e. The molecule has 286 valence electrons. The molecule has 0 radical (unpaired) electrons. The number of benzene rings is 5. The zero-order valence-electron chi connectivity index (χ0n) is 30.9.